The maximum absolute atomic E-state index is 12.8. The fourth-order valence-corrected chi connectivity index (χ4v) is 1.58. The number of hydrogen-bond acceptors (Lipinski definition) is 2. The number of hydrogen-bond donors (Lipinski definition) is 1. The summed E-state index contributed by atoms with van der Waals surface area (Å²) in [7, 11) is 0. The molecule has 1 heterocycles. The minimum atomic E-state index is -0.553. The zero-order valence-electron chi connectivity index (χ0n) is 8.05. The SMILES string of the molecule is Fc1cc(Nc2cccc(Cl)c2Cl)ccn1. The number of nitrogens with zero attached hydrogens (tertiary/aromatic N) is 1. The summed E-state index contributed by atoms with van der Waals surface area (Å²) in [5, 5.41) is 3.81. The molecule has 0 saturated heterocycles. The fraction of sp³-hybridized carbons (Fsp3) is 0. The van der Waals surface area contributed by atoms with Crippen molar-refractivity contribution >= 4 is 34.6 Å². The van der Waals surface area contributed by atoms with Gasteiger partial charge in [-0.2, -0.15) is 4.39 Å². The second kappa shape index (κ2) is 4.68. The molecule has 2 rings (SSSR count). The Bertz CT molecular complexity index is 517. The Morgan fingerprint density at radius 2 is 2.00 bits per heavy atom. The lowest BCUT2D eigenvalue weighted by Gasteiger charge is -2.08. The molecule has 0 fully saturated rings. The van der Waals surface area contributed by atoms with Crippen LogP contribution in [0.25, 0.3) is 0 Å². The second-order valence-electron chi connectivity index (χ2n) is 3.09. The van der Waals surface area contributed by atoms with Gasteiger partial charge in [0.05, 0.1) is 15.7 Å². The van der Waals surface area contributed by atoms with Crippen LogP contribution in [0.3, 0.4) is 0 Å². The monoisotopic (exact) mass is 256 g/mol. The molecule has 0 bridgehead atoms. The van der Waals surface area contributed by atoms with Crippen LogP contribution < -0.4 is 5.32 Å². The summed E-state index contributed by atoms with van der Waals surface area (Å²) in [6, 6.07) is 8.11. The summed E-state index contributed by atoms with van der Waals surface area (Å²) < 4.78 is 12.8. The summed E-state index contributed by atoms with van der Waals surface area (Å²) in [5.41, 5.74) is 1.19. The maximum atomic E-state index is 12.8. The van der Waals surface area contributed by atoms with Crippen LogP contribution in [0.2, 0.25) is 10.0 Å². The number of rotatable bonds is 2. The van der Waals surface area contributed by atoms with E-state index in [4.69, 9.17) is 23.2 Å². The van der Waals surface area contributed by atoms with Gasteiger partial charge in [-0.25, -0.2) is 4.98 Å². The van der Waals surface area contributed by atoms with Gasteiger partial charge in [0.15, 0.2) is 0 Å². The van der Waals surface area contributed by atoms with Crippen LogP contribution in [-0.2, 0) is 0 Å². The fourth-order valence-electron chi connectivity index (χ4n) is 1.24. The second-order valence-corrected chi connectivity index (χ2v) is 3.88. The molecule has 2 nitrogen and oxygen atoms in total. The quantitative estimate of drug-likeness (QED) is 0.812. The van der Waals surface area contributed by atoms with Crippen molar-refractivity contribution < 1.29 is 4.39 Å². The van der Waals surface area contributed by atoms with Gasteiger partial charge in [-0.05, 0) is 18.2 Å². The molecule has 0 amide bonds. The average Bonchev–Trinajstić information content (AvgIpc) is 2.25. The van der Waals surface area contributed by atoms with E-state index in [0.29, 0.717) is 21.4 Å². The Hall–Kier alpha value is -1.32. The van der Waals surface area contributed by atoms with Crippen LogP contribution >= 0.6 is 23.2 Å². The molecule has 1 aromatic carbocycles. The smallest absolute Gasteiger partial charge is 0.214 e. The molecule has 1 aromatic heterocycles. The molecule has 0 aliphatic rings. The van der Waals surface area contributed by atoms with Gasteiger partial charge in [-0.3, -0.25) is 0 Å². The van der Waals surface area contributed by atoms with Gasteiger partial charge >= 0.3 is 0 Å². The van der Waals surface area contributed by atoms with E-state index in [1.54, 1.807) is 24.3 Å². The number of pyridine rings is 1. The van der Waals surface area contributed by atoms with Crippen LogP contribution in [0.4, 0.5) is 15.8 Å². The molecule has 82 valence electrons. The predicted octanol–water partition coefficient (Wildman–Crippen LogP) is 4.27. The minimum absolute atomic E-state index is 0.404. The van der Waals surface area contributed by atoms with Crippen molar-refractivity contribution in [3.8, 4) is 0 Å². The summed E-state index contributed by atoms with van der Waals surface area (Å²) in [6.45, 7) is 0. The van der Waals surface area contributed by atoms with E-state index in [-0.39, 0.29) is 0 Å². The largest absolute Gasteiger partial charge is 0.354 e. The standard InChI is InChI=1S/C11H7Cl2FN2/c12-8-2-1-3-9(11(8)13)16-7-4-5-15-10(14)6-7/h1-6H,(H,15,16). The number of nitrogens with one attached hydrogen (secondary N) is 1. The Kier molecular flexibility index (Phi) is 3.27. The lowest BCUT2D eigenvalue weighted by molar-refractivity contribution is 0.584. The molecule has 1 N–H and O–H groups in total. The number of halogens is 3. The lowest BCUT2D eigenvalue weighted by atomic mass is 10.3. The Morgan fingerprint density at radius 1 is 1.19 bits per heavy atom. The van der Waals surface area contributed by atoms with Crippen LogP contribution in [0.5, 0.6) is 0 Å². The van der Waals surface area contributed by atoms with Crippen molar-refractivity contribution in [1.82, 2.24) is 4.98 Å². The van der Waals surface area contributed by atoms with E-state index >= 15 is 0 Å². The maximum Gasteiger partial charge on any atom is 0.214 e. The van der Waals surface area contributed by atoms with Crippen molar-refractivity contribution in [1.29, 1.82) is 0 Å². The zero-order chi connectivity index (χ0) is 11.5. The van der Waals surface area contributed by atoms with Gasteiger partial charge in [0, 0.05) is 18.0 Å². The van der Waals surface area contributed by atoms with E-state index in [9.17, 15) is 4.39 Å². The first-order valence-corrected chi connectivity index (χ1v) is 5.25. The summed E-state index contributed by atoms with van der Waals surface area (Å²) in [5.74, 6) is -0.553. The third kappa shape index (κ3) is 2.43. The van der Waals surface area contributed by atoms with E-state index in [1.165, 1.54) is 12.3 Å². The van der Waals surface area contributed by atoms with Crippen LogP contribution in [0.15, 0.2) is 36.5 Å². The molecule has 0 unspecified atom stereocenters. The van der Waals surface area contributed by atoms with Crippen molar-refractivity contribution in [2.24, 2.45) is 0 Å². The Morgan fingerprint density at radius 3 is 2.75 bits per heavy atom. The highest BCUT2D eigenvalue weighted by Crippen LogP contribution is 2.31. The lowest BCUT2D eigenvalue weighted by Crippen LogP contribution is -1.93. The van der Waals surface area contributed by atoms with Crippen molar-refractivity contribution in [3.05, 3.63) is 52.5 Å². The number of anilines is 2. The van der Waals surface area contributed by atoms with Crippen LogP contribution in [0.1, 0.15) is 0 Å². The number of aromatic nitrogens is 1. The van der Waals surface area contributed by atoms with E-state index < -0.39 is 5.95 Å². The zero-order valence-corrected chi connectivity index (χ0v) is 9.56. The van der Waals surface area contributed by atoms with Gasteiger partial charge in [0.2, 0.25) is 5.95 Å². The highest BCUT2D eigenvalue weighted by molar-refractivity contribution is 6.43. The van der Waals surface area contributed by atoms with E-state index in [2.05, 4.69) is 10.3 Å². The normalized spacial score (nSPS) is 10.2. The van der Waals surface area contributed by atoms with Gasteiger partial charge in [-0.15, -0.1) is 0 Å². The molecule has 0 saturated carbocycles. The van der Waals surface area contributed by atoms with E-state index in [0.717, 1.165) is 0 Å². The highest BCUT2D eigenvalue weighted by Gasteiger charge is 2.04. The van der Waals surface area contributed by atoms with Gasteiger partial charge in [0.25, 0.3) is 0 Å². The first-order chi connectivity index (χ1) is 7.66. The molecule has 0 atom stereocenters. The topological polar surface area (TPSA) is 24.9 Å². The van der Waals surface area contributed by atoms with Crippen LogP contribution in [-0.4, -0.2) is 4.98 Å². The molecule has 5 heteroatoms. The molecule has 0 radical (unpaired) electrons. The minimum Gasteiger partial charge on any atom is -0.354 e. The summed E-state index contributed by atoms with van der Waals surface area (Å²) in [4.78, 5) is 3.46. The highest BCUT2D eigenvalue weighted by atomic mass is 35.5. The molecule has 0 aliphatic carbocycles. The van der Waals surface area contributed by atoms with Crippen molar-refractivity contribution in [2.45, 2.75) is 0 Å². The molecule has 0 spiro atoms. The average molecular weight is 257 g/mol. The van der Waals surface area contributed by atoms with Crippen LogP contribution in [0, 0.1) is 5.95 Å². The molecule has 16 heavy (non-hydrogen) atoms. The van der Waals surface area contributed by atoms with Gasteiger partial charge in [-0.1, -0.05) is 29.3 Å². The summed E-state index contributed by atoms with van der Waals surface area (Å²) in [6.07, 6.45) is 1.37. The first kappa shape index (κ1) is 11.2. The molecular weight excluding hydrogens is 250 g/mol. The first-order valence-electron chi connectivity index (χ1n) is 4.49. The third-order valence-corrected chi connectivity index (χ3v) is 2.78. The predicted molar refractivity (Wildman–Crippen MR) is 63.9 cm³/mol. The Balaban J connectivity index is 2.31. The van der Waals surface area contributed by atoms with E-state index in [1.807, 2.05) is 0 Å². The summed E-state index contributed by atoms with van der Waals surface area (Å²) >= 11 is 11.8. The Labute approximate surface area is 102 Å². The molecule has 2 aromatic rings. The number of benzene rings is 1. The molecular formula is C11H7Cl2FN2. The molecule has 0 aliphatic heterocycles. The van der Waals surface area contributed by atoms with Gasteiger partial charge < -0.3 is 5.32 Å². The van der Waals surface area contributed by atoms with Crippen molar-refractivity contribution in [2.75, 3.05) is 5.32 Å². The van der Waals surface area contributed by atoms with Gasteiger partial charge in [0.1, 0.15) is 0 Å². The third-order valence-electron chi connectivity index (χ3n) is 1.96. The van der Waals surface area contributed by atoms with Crippen molar-refractivity contribution in [3.63, 3.8) is 0 Å².